The monoisotopic (exact) mass is 446 g/mol. The van der Waals surface area contributed by atoms with Crippen molar-refractivity contribution in [1.82, 2.24) is 19.2 Å². The fourth-order valence-electron chi connectivity index (χ4n) is 1.50. The third-order valence-electron chi connectivity index (χ3n) is 2.94. The molecule has 0 unspecified atom stereocenters. The molecule has 0 aliphatic rings. The van der Waals surface area contributed by atoms with Gasteiger partial charge in [-0.2, -0.15) is 0 Å². The number of aryl methyl sites for hydroxylation is 1. The Labute approximate surface area is 178 Å². The fourth-order valence-corrected chi connectivity index (χ4v) is 2.58. The Morgan fingerprint density at radius 3 is 1.85 bits per heavy atom. The molecule has 0 radical (unpaired) electrons. The molecule has 0 aromatic heterocycles. The summed E-state index contributed by atoms with van der Waals surface area (Å²) in [7, 11) is 7.17. The number of urea groups is 2. The summed E-state index contributed by atoms with van der Waals surface area (Å²) in [6, 6.07) is 4.36. The molecule has 0 atom stereocenters. The van der Waals surface area contributed by atoms with Gasteiger partial charge in [0, 0.05) is 63.5 Å². The van der Waals surface area contributed by atoms with Crippen molar-refractivity contribution in [2.24, 2.45) is 0 Å². The zero-order valence-electron chi connectivity index (χ0n) is 15.6. The molecule has 0 saturated carbocycles. The first kappa shape index (κ1) is 23.3. The Kier molecular flexibility index (Phi) is 9.63. The maximum atomic E-state index is 12.0. The van der Waals surface area contributed by atoms with Gasteiger partial charge in [-0.1, -0.05) is 30.5 Å². The van der Waals surface area contributed by atoms with Gasteiger partial charge < -0.3 is 20.4 Å². The minimum absolute atomic E-state index is 0.416. The molecule has 4 N–H and O–H groups in total. The zero-order chi connectivity index (χ0) is 20.6. The second-order valence-corrected chi connectivity index (χ2v) is 8.55. The van der Waals surface area contributed by atoms with Crippen LogP contribution in [0.3, 0.4) is 0 Å². The second kappa shape index (κ2) is 11.2. The normalized spacial score (nSPS) is 9.81. The fraction of sp³-hybridized carbons (Fsp3) is 0.333. The lowest BCUT2D eigenvalue weighted by Crippen LogP contribution is -2.28. The highest BCUT2D eigenvalue weighted by atomic mass is 32.2. The van der Waals surface area contributed by atoms with Crippen molar-refractivity contribution in [1.29, 1.82) is 0 Å². The molecule has 148 valence electrons. The van der Waals surface area contributed by atoms with E-state index >= 15 is 0 Å². The summed E-state index contributed by atoms with van der Waals surface area (Å²) in [4.78, 5) is 27.4. The van der Waals surface area contributed by atoms with E-state index in [1.165, 1.54) is 0 Å². The molecule has 12 heteroatoms. The summed E-state index contributed by atoms with van der Waals surface area (Å²) in [6.45, 7) is 1.85. The highest BCUT2D eigenvalue weighted by molar-refractivity contribution is 8.22. The van der Waals surface area contributed by atoms with Crippen LogP contribution in [0.2, 0.25) is 0 Å². The van der Waals surface area contributed by atoms with Gasteiger partial charge in [-0.3, -0.25) is 9.44 Å². The molecule has 0 spiro atoms. The van der Waals surface area contributed by atoms with E-state index in [0.29, 0.717) is 20.0 Å². The van der Waals surface area contributed by atoms with Crippen LogP contribution in [0.25, 0.3) is 0 Å². The smallest absolute Gasteiger partial charge is 0.329 e. The molecule has 0 saturated heterocycles. The summed E-state index contributed by atoms with van der Waals surface area (Å²) in [5.74, 6) is 0. The molecule has 0 fully saturated rings. The van der Waals surface area contributed by atoms with Crippen LogP contribution in [0.1, 0.15) is 5.56 Å². The van der Waals surface area contributed by atoms with Crippen LogP contribution in [-0.4, -0.2) is 58.7 Å². The largest absolute Gasteiger partial charge is 0.362 e. The average Bonchev–Trinajstić information content (AvgIpc) is 2.60. The molecule has 27 heavy (non-hydrogen) atoms. The Bertz CT molecular complexity index is 726. The maximum Gasteiger partial charge on any atom is 0.329 e. The van der Waals surface area contributed by atoms with Crippen molar-refractivity contribution in [3.8, 4) is 0 Å². The summed E-state index contributed by atoms with van der Waals surface area (Å²) in [5, 5.41) is 5.42. The predicted octanol–water partition coefficient (Wildman–Crippen LogP) is 3.23. The number of hydrogen-bond acceptors (Lipinski definition) is 6. The average molecular weight is 447 g/mol. The van der Waals surface area contributed by atoms with Crippen molar-refractivity contribution in [3.63, 3.8) is 0 Å². The van der Waals surface area contributed by atoms with Gasteiger partial charge in [0.25, 0.3) is 0 Å². The molecular formula is C15H22N6O2S4. The highest BCUT2D eigenvalue weighted by Crippen LogP contribution is 2.20. The number of amides is 4. The van der Waals surface area contributed by atoms with Gasteiger partial charge in [0.05, 0.1) is 0 Å². The minimum Gasteiger partial charge on any atom is -0.362 e. The predicted molar refractivity (Wildman–Crippen MR) is 123 cm³/mol. The van der Waals surface area contributed by atoms with Gasteiger partial charge in [0.1, 0.15) is 0 Å². The van der Waals surface area contributed by atoms with Gasteiger partial charge in [0.15, 0.2) is 8.64 Å². The number of benzene rings is 1. The number of carbonyl (C=O) groups excluding carboxylic acids is 2. The molecule has 8 nitrogen and oxygen atoms in total. The molecular weight excluding hydrogens is 424 g/mol. The first-order valence-electron chi connectivity index (χ1n) is 7.61. The van der Waals surface area contributed by atoms with E-state index in [9.17, 15) is 9.59 Å². The Balaban J connectivity index is 2.63. The van der Waals surface area contributed by atoms with Crippen molar-refractivity contribution < 1.29 is 9.59 Å². The van der Waals surface area contributed by atoms with Crippen LogP contribution in [0, 0.1) is 6.92 Å². The molecule has 4 amide bonds. The van der Waals surface area contributed by atoms with Gasteiger partial charge in [-0.15, -0.1) is 0 Å². The van der Waals surface area contributed by atoms with Crippen molar-refractivity contribution in [2.45, 2.75) is 6.92 Å². The van der Waals surface area contributed by atoms with Gasteiger partial charge >= 0.3 is 12.1 Å². The minimum atomic E-state index is -0.421. The van der Waals surface area contributed by atoms with Crippen LogP contribution in [0.4, 0.5) is 21.0 Å². The standard InChI is InChI=1S/C15H22N6O2S4/c1-9-6-7-10(16-12(22)18-26-14(24)20(2)3)8-11(9)17-13(23)19-27-15(25)21(4)5/h6-8H,1-5H3,(H2,16,18,22)(H2,17,19,23). The molecule has 1 aromatic rings. The number of nitrogens with zero attached hydrogens (tertiary/aromatic N) is 2. The molecule has 0 bridgehead atoms. The lowest BCUT2D eigenvalue weighted by Gasteiger charge is -2.15. The summed E-state index contributed by atoms with van der Waals surface area (Å²) in [6.07, 6.45) is 0. The number of anilines is 2. The third-order valence-corrected chi connectivity index (χ3v) is 5.82. The van der Waals surface area contributed by atoms with E-state index in [2.05, 4.69) is 20.1 Å². The molecule has 0 heterocycles. The number of nitrogens with one attached hydrogen (secondary N) is 4. The van der Waals surface area contributed by atoms with Crippen LogP contribution in [0.5, 0.6) is 0 Å². The van der Waals surface area contributed by atoms with E-state index in [0.717, 1.165) is 29.5 Å². The Morgan fingerprint density at radius 1 is 0.889 bits per heavy atom. The lowest BCUT2D eigenvalue weighted by atomic mass is 10.2. The van der Waals surface area contributed by atoms with E-state index in [1.54, 1.807) is 56.2 Å². The van der Waals surface area contributed by atoms with Crippen LogP contribution in [0.15, 0.2) is 18.2 Å². The van der Waals surface area contributed by atoms with Crippen LogP contribution < -0.4 is 20.1 Å². The molecule has 0 aliphatic carbocycles. The lowest BCUT2D eigenvalue weighted by molar-refractivity contribution is 0.256. The SMILES string of the molecule is Cc1ccc(NC(=O)NSC(=S)N(C)C)cc1NC(=O)NSC(=S)N(C)C. The topological polar surface area (TPSA) is 88.7 Å². The van der Waals surface area contributed by atoms with Crippen molar-refractivity contribution in [3.05, 3.63) is 23.8 Å². The Hall–Kier alpha value is -1.76. The second-order valence-electron chi connectivity index (χ2n) is 5.67. The summed E-state index contributed by atoms with van der Waals surface area (Å²) >= 11 is 12.3. The first-order valence-corrected chi connectivity index (χ1v) is 10.1. The molecule has 1 rings (SSSR count). The maximum absolute atomic E-state index is 12.0. The summed E-state index contributed by atoms with van der Waals surface area (Å²) in [5.41, 5.74) is 1.94. The quantitative estimate of drug-likeness (QED) is 0.407. The van der Waals surface area contributed by atoms with Crippen molar-refractivity contribution >= 4 is 80.4 Å². The van der Waals surface area contributed by atoms with Gasteiger partial charge in [0.2, 0.25) is 0 Å². The zero-order valence-corrected chi connectivity index (χ0v) is 18.8. The van der Waals surface area contributed by atoms with Crippen LogP contribution >= 0.6 is 48.3 Å². The molecule has 1 aromatic carbocycles. The number of hydrogen-bond donors (Lipinski definition) is 4. The number of rotatable bonds is 2. The summed E-state index contributed by atoms with van der Waals surface area (Å²) < 4.78 is 6.26. The van der Waals surface area contributed by atoms with E-state index < -0.39 is 12.1 Å². The first-order chi connectivity index (χ1) is 12.6. The van der Waals surface area contributed by atoms with E-state index in [1.807, 2.05) is 6.92 Å². The third kappa shape index (κ3) is 8.65. The molecule has 0 aliphatic heterocycles. The highest BCUT2D eigenvalue weighted by Gasteiger charge is 2.10. The number of carbonyl (C=O) groups is 2. The van der Waals surface area contributed by atoms with Crippen molar-refractivity contribution in [2.75, 3.05) is 38.8 Å². The van der Waals surface area contributed by atoms with Gasteiger partial charge in [-0.05, 0) is 24.6 Å². The van der Waals surface area contributed by atoms with Gasteiger partial charge in [-0.25, -0.2) is 9.59 Å². The van der Waals surface area contributed by atoms with E-state index in [-0.39, 0.29) is 0 Å². The Morgan fingerprint density at radius 2 is 1.37 bits per heavy atom. The number of thiocarbonyl (C=S) groups is 2. The van der Waals surface area contributed by atoms with E-state index in [4.69, 9.17) is 24.4 Å². The van der Waals surface area contributed by atoms with Crippen LogP contribution in [-0.2, 0) is 0 Å².